The predicted molar refractivity (Wildman–Crippen MR) is 68.4 cm³/mol. The molecule has 1 fully saturated rings. The van der Waals surface area contributed by atoms with Crippen LogP contribution in [0.15, 0.2) is 30.3 Å². The Kier molecular flexibility index (Phi) is 3.97. The minimum absolute atomic E-state index is 0.758. The van der Waals surface area contributed by atoms with Gasteiger partial charge in [-0.3, -0.25) is 0 Å². The third-order valence-corrected chi connectivity index (χ3v) is 3.49. The molecule has 1 aromatic rings. The fourth-order valence-electron chi connectivity index (χ4n) is 2.53. The quantitative estimate of drug-likeness (QED) is 0.764. The van der Waals surface area contributed by atoms with Gasteiger partial charge in [-0.2, -0.15) is 0 Å². The summed E-state index contributed by atoms with van der Waals surface area (Å²) in [6.07, 6.45) is 2.72. The molecular weight excluding hydrogens is 196 g/mol. The number of hydrogen-bond acceptors (Lipinski definition) is 2. The number of likely N-dealkylation sites (N-methyl/N-ethyl adjacent to an activating group) is 2. The van der Waals surface area contributed by atoms with Crippen LogP contribution in [0.4, 0.5) is 0 Å². The third-order valence-electron chi connectivity index (χ3n) is 3.49. The van der Waals surface area contributed by atoms with Crippen LogP contribution in [0.5, 0.6) is 0 Å². The van der Waals surface area contributed by atoms with Crippen LogP contribution >= 0.6 is 0 Å². The third kappa shape index (κ3) is 3.06. The van der Waals surface area contributed by atoms with Crippen molar-refractivity contribution in [3.63, 3.8) is 0 Å². The highest BCUT2D eigenvalue weighted by Crippen LogP contribution is 2.16. The Morgan fingerprint density at radius 1 is 1.31 bits per heavy atom. The molecule has 1 aliphatic heterocycles. The molecule has 1 saturated heterocycles. The zero-order valence-electron chi connectivity index (χ0n) is 10.4. The van der Waals surface area contributed by atoms with E-state index in [-0.39, 0.29) is 0 Å². The Morgan fingerprint density at radius 3 is 2.69 bits per heavy atom. The van der Waals surface area contributed by atoms with Gasteiger partial charge < -0.3 is 9.80 Å². The number of rotatable bonds is 4. The van der Waals surface area contributed by atoms with E-state index < -0.39 is 0 Å². The van der Waals surface area contributed by atoms with Crippen LogP contribution in [0.25, 0.3) is 0 Å². The van der Waals surface area contributed by atoms with Crippen LogP contribution in [0.1, 0.15) is 18.4 Å². The van der Waals surface area contributed by atoms with Gasteiger partial charge in [-0.25, -0.2) is 0 Å². The predicted octanol–water partition coefficient (Wildman–Crippen LogP) is 2.21. The van der Waals surface area contributed by atoms with Crippen LogP contribution in [0.2, 0.25) is 0 Å². The van der Waals surface area contributed by atoms with E-state index in [1.54, 1.807) is 0 Å². The summed E-state index contributed by atoms with van der Waals surface area (Å²) in [6.45, 7) is 3.51. The lowest BCUT2D eigenvalue weighted by Gasteiger charge is -2.25. The van der Waals surface area contributed by atoms with Gasteiger partial charge in [-0.05, 0) is 39.0 Å². The molecule has 1 aromatic carbocycles. The molecule has 0 N–H and O–H groups in total. The first kappa shape index (κ1) is 11.6. The summed E-state index contributed by atoms with van der Waals surface area (Å²) in [5.41, 5.74) is 1.41. The van der Waals surface area contributed by atoms with Crippen molar-refractivity contribution in [3.8, 4) is 0 Å². The summed E-state index contributed by atoms with van der Waals surface area (Å²) >= 11 is 0. The zero-order valence-corrected chi connectivity index (χ0v) is 10.4. The second-order valence-corrected chi connectivity index (χ2v) is 4.96. The van der Waals surface area contributed by atoms with Crippen LogP contribution in [0, 0.1) is 0 Å². The highest BCUT2D eigenvalue weighted by Gasteiger charge is 2.21. The smallest absolute Gasteiger partial charge is 0.0231 e. The van der Waals surface area contributed by atoms with Gasteiger partial charge in [0.1, 0.15) is 0 Å². The van der Waals surface area contributed by atoms with E-state index in [0.717, 1.165) is 12.6 Å². The van der Waals surface area contributed by atoms with Gasteiger partial charge in [-0.1, -0.05) is 30.3 Å². The Bertz CT molecular complexity index is 310. The second-order valence-electron chi connectivity index (χ2n) is 4.96. The SMILES string of the molecule is CN(Cc1ccccc1)C[C@@H]1CCCN1C. The molecule has 0 unspecified atom stereocenters. The molecule has 0 saturated carbocycles. The molecule has 0 spiro atoms. The van der Waals surface area contributed by atoms with Gasteiger partial charge in [0, 0.05) is 19.1 Å². The van der Waals surface area contributed by atoms with Crippen molar-refractivity contribution in [3.05, 3.63) is 35.9 Å². The maximum Gasteiger partial charge on any atom is 0.0231 e. The average Bonchev–Trinajstić information content (AvgIpc) is 2.66. The van der Waals surface area contributed by atoms with Crippen LogP contribution in [-0.4, -0.2) is 43.0 Å². The van der Waals surface area contributed by atoms with Crippen molar-refractivity contribution in [1.82, 2.24) is 9.80 Å². The largest absolute Gasteiger partial charge is 0.302 e. The van der Waals surface area contributed by atoms with Gasteiger partial charge in [0.25, 0.3) is 0 Å². The molecule has 16 heavy (non-hydrogen) atoms. The first-order valence-electron chi connectivity index (χ1n) is 6.18. The molecule has 0 bridgehead atoms. The van der Waals surface area contributed by atoms with Crippen molar-refractivity contribution in [1.29, 1.82) is 0 Å². The molecule has 2 rings (SSSR count). The number of nitrogens with zero attached hydrogens (tertiary/aromatic N) is 2. The lowest BCUT2D eigenvalue weighted by molar-refractivity contribution is 0.215. The molecule has 0 radical (unpaired) electrons. The Hall–Kier alpha value is -0.860. The summed E-state index contributed by atoms with van der Waals surface area (Å²) in [7, 11) is 4.47. The monoisotopic (exact) mass is 218 g/mol. The van der Waals surface area contributed by atoms with Crippen molar-refractivity contribution >= 4 is 0 Å². The molecule has 1 atom stereocenters. The highest BCUT2D eigenvalue weighted by atomic mass is 15.2. The number of benzene rings is 1. The Labute approximate surface area is 98.9 Å². The molecule has 2 nitrogen and oxygen atoms in total. The maximum absolute atomic E-state index is 2.49. The first-order chi connectivity index (χ1) is 7.75. The van der Waals surface area contributed by atoms with E-state index in [1.807, 2.05) is 0 Å². The summed E-state index contributed by atoms with van der Waals surface area (Å²) in [4.78, 5) is 4.92. The van der Waals surface area contributed by atoms with Crippen LogP contribution < -0.4 is 0 Å². The van der Waals surface area contributed by atoms with E-state index >= 15 is 0 Å². The topological polar surface area (TPSA) is 6.48 Å². The summed E-state index contributed by atoms with van der Waals surface area (Å²) < 4.78 is 0. The van der Waals surface area contributed by atoms with E-state index in [0.29, 0.717) is 0 Å². The molecule has 0 aliphatic carbocycles. The second kappa shape index (κ2) is 5.46. The first-order valence-corrected chi connectivity index (χ1v) is 6.18. The summed E-state index contributed by atoms with van der Waals surface area (Å²) in [5, 5.41) is 0. The lowest BCUT2D eigenvalue weighted by Crippen LogP contribution is -2.36. The van der Waals surface area contributed by atoms with Gasteiger partial charge in [0.2, 0.25) is 0 Å². The van der Waals surface area contributed by atoms with Gasteiger partial charge in [0.05, 0.1) is 0 Å². The summed E-state index contributed by atoms with van der Waals surface area (Å²) in [6, 6.07) is 11.5. The Balaban J connectivity index is 1.82. The zero-order chi connectivity index (χ0) is 11.4. The Morgan fingerprint density at radius 2 is 2.06 bits per heavy atom. The number of hydrogen-bond donors (Lipinski definition) is 0. The normalized spacial score (nSPS) is 21.8. The van der Waals surface area contributed by atoms with Crippen molar-refractivity contribution < 1.29 is 0 Å². The standard InChI is InChI=1S/C14H22N2/c1-15(11-13-7-4-3-5-8-13)12-14-9-6-10-16(14)2/h3-5,7-8,14H,6,9-12H2,1-2H3/t14-/m0/s1. The van der Waals surface area contributed by atoms with Crippen LogP contribution in [-0.2, 0) is 6.54 Å². The molecule has 1 aliphatic rings. The molecule has 2 heteroatoms. The van der Waals surface area contributed by atoms with Crippen molar-refractivity contribution in [2.45, 2.75) is 25.4 Å². The number of likely N-dealkylation sites (tertiary alicyclic amines) is 1. The van der Waals surface area contributed by atoms with Crippen molar-refractivity contribution in [2.75, 3.05) is 27.2 Å². The average molecular weight is 218 g/mol. The van der Waals surface area contributed by atoms with Crippen molar-refractivity contribution in [2.24, 2.45) is 0 Å². The van der Waals surface area contributed by atoms with E-state index in [2.05, 4.69) is 54.2 Å². The lowest BCUT2D eigenvalue weighted by atomic mass is 10.2. The highest BCUT2D eigenvalue weighted by molar-refractivity contribution is 5.14. The molecule has 0 amide bonds. The fraction of sp³-hybridized carbons (Fsp3) is 0.571. The molecule has 0 aromatic heterocycles. The van der Waals surface area contributed by atoms with Gasteiger partial charge >= 0.3 is 0 Å². The molecule has 88 valence electrons. The molecular formula is C14H22N2. The van der Waals surface area contributed by atoms with Crippen LogP contribution in [0.3, 0.4) is 0 Å². The minimum Gasteiger partial charge on any atom is -0.302 e. The van der Waals surface area contributed by atoms with E-state index in [9.17, 15) is 0 Å². The molecule has 1 heterocycles. The van der Waals surface area contributed by atoms with E-state index in [1.165, 1.54) is 31.5 Å². The van der Waals surface area contributed by atoms with Gasteiger partial charge in [-0.15, -0.1) is 0 Å². The van der Waals surface area contributed by atoms with Gasteiger partial charge in [0.15, 0.2) is 0 Å². The maximum atomic E-state index is 2.49. The minimum atomic E-state index is 0.758. The summed E-state index contributed by atoms with van der Waals surface area (Å²) in [5.74, 6) is 0. The fourth-order valence-corrected chi connectivity index (χ4v) is 2.53. The van der Waals surface area contributed by atoms with E-state index in [4.69, 9.17) is 0 Å².